The Morgan fingerprint density at radius 3 is 3.19 bits per heavy atom. The monoisotopic (exact) mass is 287 g/mol. The lowest BCUT2D eigenvalue weighted by Crippen LogP contribution is -2.30. The van der Waals surface area contributed by atoms with Crippen molar-refractivity contribution >= 4 is 5.91 Å². The van der Waals surface area contributed by atoms with Gasteiger partial charge in [-0.1, -0.05) is 6.92 Å². The predicted octanol–water partition coefficient (Wildman–Crippen LogP) is 2.77. The number of nitrogens with zero attached hydrogens (tertiary/aromatic N) is 2. The average molecular weight is 287 g/mol. The summed E-state index contributed by atoms with van der Waals surface area (Å²) in [7, 11) is 1.95. The topological polar surface area (TPSA) is 60.1 Å². The Morgan fingerprint density at radius 1 is 1.52 bits per heavy atom. The van der Waals surface area contributed by atoms with Crippen molar-refractivity contribution < 1.29 is 9.21 Å². The number of aryl methyl sites for hydroxylation is 2. The normalized spacial score (nSPS) is 17.5. The Balaban J connectivity index is 1.73. The summed E-state index contributed by atoms with van der Waals surface area (Å²) in [6.07, 6.45) is 6.78. The lowest BCUT2D eigenvalue weighted by Gasteiger charge is -2.23. The highest BCUT2D eigenvalue weighted by atomic mass is 16.3. The number of carbonyl (C=O) groups is 1. The molecular weight excluding hydrogens is 266 g/mol. The molecule has 112 valence electrons. The molecule has 1 aliphatic rings. The number of amides is 1. The number of hydrogen-bond donors (Lipinski definition) is 1. The molecule has 21 heavy (non-hydrogen) atoms. The van der Waals surface area contributed by atoms with Gasteiger partial charge in [0.05, 0.1) is 12.2 Å². The van der Waals surface area contributed by atoms with Gasteiger partial charge in [-0.15, -0.1) is 0 Å². The molecule has 0 saturated carbocycles. The van der Waals surface area contributed by atoms with E-state index in [1.807, 2.05) is 24.0 Å². The fourth-order valence-electron chi connectivity index (χ4n) is 2.97. The second-order valence-corrected chi connectivity index (χ2v) is 5.60. The van der Waals surface area contributed by atoms with Crippen molar-refractivity contribution in [1.29, 1.82) is 0 Å². The first-order valence-corrected chi connectivity index (χ1v) is 7.59. The van der Waals surface area contributed by atoms with Gasteiger partial charge in [0.2, 0.25) is 0 Å². The largest absolute Gasteiger partial charge is 0.456 e. The Labute approximate surface area is 124 Å². The van der Waals surface area contributed by atoms with Crippen LogP contribution in [0.5, 0.6) is 0 Å². The van der Waals surface area contributed by atoms with E-state index in [4.69, 9.17) is 4.42 Å². The van der Waals surface area contributed by atoms with Gasteiger partial charge in [-0.2, -0.15) is 5.10 Å². The van der Waals surface area contributed by atoms with Gasteiger partial charge in [-0.25, -0.2) is 0 Å². The van der Waals surface area contributed by atoms with Crippen LogP contribution in [-0.4, -0.2) is 15.7 Å². The first-order chi connectivity index (χ1) is 10.2. The minimum absolute atomic E-state index is 0.0367. The zero-order valence-electron chi connectivity index (χ0n) is 12.6. The predicted molar refractivity (Wildman–Crippen MR) is 79.1 cm³/mol. The summed E-state index contributed by atoms with van der Waals surface area (Å²) in [5.41, 5.74) is 2.36. The van der Waals surface area contributed by atoms with E-state index in [0.29, 0.717) is 5.76 Å². The van der Waals surface area contributed by atoms with Crippen molar-refractivity contribution in [2.45, 2.75) is 45.1 Å². The molecule has 0 radical (unpaired) electrons. The van der Waals surface area contributed by atoms with Crippen LogP contribution in [0.1, 0.15) is 59.8 Å². The number of nitrogens with one attached hydrogen (secondary N) is 1. The molecule has 2 heterocycles. The number of rotatable bonds is 4. The molecule has 1 atom stereocenters. The first kappa shape index (κ1) is 13.9. The third-order valence-corrected chi connectivity index (χ3v) is 4.06. The number of carbonyl (C=O) groups excluding carboxylic acids is 1. The molecule has 0 saturated heterocycles. The van der Waals surface area contributed by atoms with Gasteiger partial charge in [0.1, 0.15) is 5.76 Å². The Kier molecular flexibility index (Phi) is 3.82. The highest BCUT2D eigenvalue weighted by Crippen LogP contribution is 2.29. The van der Waals surface area contributed by atoms with E-state index in [1.54, 1.807) is 6.07 Å². The van der Waals surface area contributed by atoms with Crippen LogP contribution in [0.3, 0.4) is 0 Å². The fourth-order valence-corrected chi connectivity index (χ4v) is 2.97. The molecule has 2 aromatic heterocycles. The molecule has 0 aromatic carbocycles. The van der Waals surface area contributed by atoms with Gasteiger partial charge < -0.3 is 9.73 Å². The molecule has 0 aliphatic heterocycles. The molecule has 5 nitrogen and oxygen atoms in total. The van der Waals surface area contributed by atoms with Crippen molar-refractivity contribution in [2.75, 3.05) is 0 Å². The highest BCUT2D eigenvalue weighted by molar-refractivity contribution is 5.91. The van der Waals surface area contributed by atoms with Crippen molar-refractivity contribution in [3.63, 3.8) is 0 Å². The van der Waals surface area contributed by atoms with Crippen LogP contribution in [0.4, 0.5) is 0 Å². The number of aromatic nitrogens is 2. The summed E-state index contributed by atoms with van der Waals surface area (Å²) in [4.78, 5) is 12.3. The first-order valence-electron chi connectivity index (χ1n) is 7.59. The second kappa shape index (κ2) is 5.76. The molecule has 5 heteroatoms. The van der Waals surface area contributed by atoms with Gasteiger partial charge in [-0.3, -0.25) is 9.48 Å². The summed E-state index contributed by atoms with van der Waals surface area (Å²) in [6.45, 7) is 2.09. The third-order valence-electron chi connectivity index (χ3n) is 4.06. The smallest absolute Gasteiger partial charge is 0.287 e. The summed E-state index contributed by atoms with van der Waals surface area (Å²) in [5.74, 6) is 1.13. The number of hydrogen-bond acceptors (Lipinski definition) is 3. The van der Waals surface area contributed by atoms with Crippen LogP contribution >= 0.6 is 0 Å². The van der Waals surface area contributed by atoms with Gasteiger partial charge in [0, 0.05) is 24.7 Å². The molecule has 0 fully saturated rings. The van der Waals surface area contributed by atoms with Crippen LogP contribution in [0, 0.1) is 0 Å². The third kappa shape index (κ3) is 2.73. The van der Waals surface area contributed by atoms with Crippen molar-refractivity contribution in [1.82, 2.24) is 15.1 Å². The maximum atomic E-state index is 12.3. The molecular formula is C16H21N3O2. The standard InChI is InChI=1S/C16H21N3O2/c1-3-5-11-8-9-15(21-11)16(20)18-13-6-4-7-14-12(13)10-17-19(14)2/h8-10,13H,3-7H2,1-2H3,(H,18,20)/t13-/m0/s1. The average Bonchev–Trinajstić information content (AvgIpc) is 3.08. The maximum Gasteiger partial charge on any atom is 0.287 e. The molecule has 0 spiro atoms. The van der Waals surface area contributed by atoms with Crippen LogP contribution in [0.2, 0.25) is 0 Å². The number of fused-ring (bicyclic) bond motifs is 1. The van der Waals surface area contributed by atoms with E-state index in [2.05, 4.69) is 17.3 Å². The van der Waals surface area contributed by atoms with E-state index >= 15 is 0 Å². The molecule has 1 N–H and O–H groups in total. The molecule has 1 aliphatic carbocycles. The van der Waals surface area contributed by atoms with Crippen LogP contribution in [-0.2, 0) is 19.9 Å². The highest BCUT2D eigenvalue weighted by Gasteiger charge is 2.25. The number of furan rings is 1. The zero-order chi connectivity index (χ0) is 14.8. The van der Waals surface area contributed by atoms with Crippen LogP contribution in [0.25, 0.3) is 0 Å². The summed E-state index contributed by atoms with van der Waals surface area (Å²) < 4.78 is 7.49. The minimum atomic E-state index is -0.140. The van der Waals surface area contributed by atoms with Crippen molar-refractivity contribution in [2.24, 2.45) is 7.05 Å². The van der Waals surface area contributed by atoms with Crippen molar-refractivity contribution in [3.05, 3.63) is 41.1 Å². The quantitative estimate of drug-likeness (QED) is 0.940. The second-order valence-electron chi connectivity index (χ2n) is 5.60. The maximum absolute atomic E-state index is 12.3. The fraction of sp³-hybridized carbons (Fsp3) is 0.500. The summed E-state index contributed by atoms with van der Waals surface area (Å²) in [5, 5.41) is 7.37. The minimum Gasteiger partial charge on any atom is -0.456 e. The summed E-state index contributed by atoms with van der Waals surface area (Å²) in [6, 6.07) is 3.68. The van der Waals surface area contributed by atoms with Crippen molar-refractivity contribution in [3.8, 4) is 0 Å². The van der Waals surface area contributed by atoms with E-state index in [0.717, 1.165) is 43.4 Å². The van der Waals surface area contributed by atoms with E-state index in [1.165, 1.54) is 5.69 Å². The molecule has 2 aromatic rings. The SMILES string of the molecule is CCCc1ccc(C(=O)N[C@H]2CCCc3c2cnn3C)o1. The van der Waals surface area contributed by atoms with E-state index in [9.17, 15) is 4.79 Å². The molecule has 0 bridgehead atoms. The Hall–Kier alpha value is -2.04. The Bertz CT molecular complexity index is 642. The van der Waals surface area contributed by atoms with Crippen LogP contribution < -0.4 is 5.32 Å². The van der Waals surface area contributed by atoms with Crippen LogP contribution in [0.15, 0.2) is 22.7 Å². The van der Waals surface area contributed by atoms with E-state index in [-0.39, 0.29) is 11.9 Å². The molecule has 0 unspecified atom stereocenters. The van der Waals surface area contributed by atoms with E-state index < -0.39 is 0 Å². The lowest BCUT2D eigenvalue weighted by atomic mass is 9.93. The van der Waals surface area contributed by atoms with Gasteiger partial charge in [0.15, 0.2) is 5.76 Å². The Morgan fingerprint density at radius 2 is 2.38 bits per heavy atom. The molecule has 3 rings (SSSR count). The lowest BCUT2D eigenvalue weighted by molar-refractivity contribution is 0.0902. The molecule has 1 amide bonds. The van der Waals surface area contributed by atoms with Gasteiger partial charge >= 0.3 is 0 Å². The summed E-state index contributed by atoms with van der Waals surface area (Å²) >= 11 is 0. The zero-order valence-corrected chi connectivity index (χ0v) is 12.6. The van der Waals surface area contributed by atoms with Gasteiger partial charge in [-0.05, 0) is 37.8 Å². The van der Waals surface area contributed by atoms with Gasteiger partial charge in [0.25, 0.3) is 5.91 Å².